The normalized spacial score (nSPS) is 14.3. The zero-order valence-corrected chi connectivity index (χ0v) is 16.0. The second-order valence-corrected chi connectivity index (χ2v) is 7.55. The summed E-state index contributed by atoms with van der Waals surface area (Å²) >= 11 is 1.09. The second-order valence-electron chi connectivity index (χ2n) is 6.79. The van der Waals surface area contributed by atoms with Gasteiger partial charge in [-0.15, -0.1) is 0 Å². The third-order valence-electron chi connectivity index (χ3n) is 5.01. The lowest BCUT2D eigenvalue weighted by molar-refractivity contribution is 0.0695. The standard InChI is InChI=1S/C18H14N6O4S/c1-9-4-13(23-5-10(6-23)12-2-3-28-22-12)21-16-14(9)15(25)11(17(26)27)7-24(16)18-19-8-20-29-18/h2-4,7-8,10H,5-6H2,1H3,(H,26,27). The van der Waals surface area contributed by atoms with E-state index in [2.05, 4.69) is 24.4 Å². The Kier molecular flexibility index (Phi) is 3.91. The minimum Gasteiger partial charge on any atom is -0.477 e. The molecule has 1 aliphatic heterocycles. The zero-order valence-electron chi connectivity index (χ0n) is 15.1. The van der Waals surface area contributed by atoms with E-state index in [1.165, 1.54) is 17.1 Å². The van der Waals surface area contributed by atoms with E-state index in [1.54, 1.807) is 19.3 Å². The molecule has 11 heteroatoms. The van der Waals surface area contributed by atoms with Gasteiger partial charge in [0.25, 0.3) is 0 Å². The fourth-order valence-corrected chi connectivity index (χ4v) is 4.01. The Morgan fingerprint density at radius 3 is 2.86 bits per heavy atom. The summed E-state index contributed by atoms with van der Waals surface area (Å²) in [6.45, 7) is 3.22. The third-order valence-corrected chi connectivity index (χ3v) is 5.67. The molecule has 0 unspecified atom stereocenters. The first-order valence-corrected chi connectivity index (χ1v) is 9.53. The lowest BCUT2D eigenvalue weighted by atomic mass is 9.96. The Balaban J connectivity index is 1.64. The number of fused-ring (bicyclic) bond motifs is 1. The van der Waals surface area contributed by atoms with E-state index in [4.69, 9.17) is 4.52 Å². The molecular formula is C18H14N6O4S. The minimum atomic E-state index is -1.29. The molecule has 0 saturated carbocycles. The van der Waals surface area contributed by atoms with Crippen molar-refractivity contribution in [3.05, 3.63) is 58.0 Å². The van der Waals surface area contributed by atoms with Gasteiger partial charge in [0.1, 0.15) is 24.0 Å². The number of carboxylic acids is 1. The van der Waals surface area contributed by atoms with Crippen molar-refractivity contribution in [3.63, 3.8) is 0 Å². The van der Waals surface area contributed by atoms with E-state index in [0.717, 1.165) is 30.3 Å². The molecule has 4 aromatic rings. The Bertz CT molecular complexity index is 1280. The average Bonchev–Trinajstić information content (AvgIpc) is 3.34. The molecule has 10 nitrogen and oxygen atoms in total. The summed E-state index contributed by atoms with van der Waals surface area (Å²) in [7, 11) is 0. The van der Waals surface area contributed by atoms with Crippen LogP contribution in [0.25, 0.3) is 16.2 Å². The van der Waals surface area contributed by atoms with Crippen LogP contribution in [0, 0.1) is 6.92 Å². The van der Waals surface area contributed by atoms with Crippen LogP contribution in [0.15, 0.2) is 40.2 Å². The van der Waals surface area contributed by atoms with Crippen molar-refractivity contribution < 1.29 is 14.4 Å². The Labute approximate surface area is 167 Å². The minimum absolute atomic E-state index is 0.256. The van der Waals surface area contributed by atoms with Crippen LogP contribution >= 0.6 is 11.5 Å². The molecule has 0 atom stereocenters. The molecule has 5 rings (SSSR count). The van der Waals surface area contributed by atoms with Gasteiger partial charge in [0.05, 0.1) is 11.1 Å². The average molecular weight is 410 g/mol. The number of rotatable bonds is 4. The highest BCUT2D eigenvalue weighted by molar-refractivity contribution is 7.08. The highest BCUT2D eigenvalue weighted by Gasteiger charge is 2.32. The smallest absolute Gasteiger partial charge is 0.341 e. The summed E-state index contributed by atoms with van der Waals surface area (Å²) in [6, 6.07) is 3.65. The number of aromatic carboxylic acids is 1. The zero-order chi connectivity index (χ0) is 20.1. The second kappa shape index (κ2) is 6.48. The molecule has 1 aliphatic rings. The van der Waals surface area contributed by atoms with Gasteiger partial charge in [-0.1, -0.05) is 5.16 Å². The molecule has 0 aliphatic carbocycles. The largest absolute Gasteiger partial charge is 0.477 e. The van der Waals surface area contributed by atoms with Crippen LogP contribution in [0.2, 0.25) is 0 Å². The van der Waals surface area contributed by atoms with Crippen molar-refractivity contribution in [2.45, 2.75) is 12.8 Å². The Morgan fingerprint density at radius 2 is 2.21 bits per heavy atom. The topological polar surface area (TPSA) is 127 Å². The van der Waals surface area contributed by atoms with Crippen molar-refractivity contribution in [2.75, 3.05) is 18.0 Å². The maximum atomic E-state index is 12.8. The molecule has 1 fully saturated rings. The van der Waals surface area contributed by atoms with Gasteiger partial charge in [0, 0.05) is 42.8 Å². The number of aromatic nitrogens is 5. The van der Waals surface area contributed by atoms with Gasteiger partial charge in [0.15, 0.2) is 5.65 Å². The number of pyridine rings is 2. The van der Waals surface area contributed by atoms with Gasteiger partial charge in [0.2, 0.25) is 10.6 Å². The fourth-order valence-electron chi connectivity index (χ4n) is 3.50. The molecule has 1 saturated heterocycles. The first-order valence-electron chi connectivity index (χ1n) is 8.75. The van der Waals surface area contributed by atoms with Gasteiger partial charge in [-0.25, -0.2) is 14.8 Å². The molecule has 0 spiro atoms. The molecule has 4 aromatic heterocycles. The van der Waals surface area contributed by atoms with Crippen LogP contribution in [-0.2, 0) is 0 Å². The number of aryl methyl sites for hydroxylation is 1. The summed E-state index contributed by atoms with van der Waals surface area (Å²) in [4.78, 5) is 35.3. The van der Waals surface area contributed by atoms with E-state index in [0.29, 0.717) is 22.2 Å². The summed E-state index contributed by atoms with van der Waals surface area (Å²) in [6.07, 6.45) is 4.19. The van der Waals surface area contributed by atoms with E-state index >= 15 is 0 Å². The van der Waals surface area contributed by atoms with Crippen LogP contribution in [0.4, 0.5) is 5.82 Å². The van der Waals surface area contributed by atoms with Gasteiger partial charge >= 0.3 is 5.97 Å². The number of carbonyl (C=O) groups is 1. The van der Waals surface area contributed by atoms with Gasteiger partial charge in [-0.3, -0.25) is 9.36 Å². The maximum absolute atomic E-state index is 12.8. The summed E-state index contributed by atoms with van der Waals surface area (Å²) in [5.41, 5.74) is 1.02. The number of hydrogen-bond acceptors (Lipinski definition) is 9. The first-order chi connectivity index (χ1) is 14.0. The first kappa shape index (κ1) is 17.5. The SMILES string of the molecule is Cc1cc(N2CC(c3ccon3)C2)nc2c1c(=O)c(C(=O)O)cn2-c1ncns1. The lowest BCUT2D eigenvalue weighted by Crippen LogP contribution is -2.45. The number of carboxylic acid groups (broad SMARTS) is 1. The van der Waals surface area contributed by atoms with Crippen molar-refractivity contribution in [1.82, 2.24) is 24.1 Å². The molecule has 0 aromatic carbocycles. The van der Waals surface area contributed by atoms with Gasteiger partial charge < -0.3 is 14.5 Å². The molecule has 0 amide bonds. The predicted molar refractivity (Wildman–Crippen MR) is 104 cm³/mol. The Hall–Kier alpha value is -3.60. The predicted octanol–water partition coefficient (Wildman–Crippen LogP) is 1.84. The van der Waals surface area contributed by atoms with Crippen LogP contribution < -0.4 is 10.3 Å². The molecule has 0 radical (unpaired) electrons. The number of hydrogen-bond donors (Lipinski definition) is 1. The van der Waals surface area contributed by atoms with Gasteiger partial charge in [-0.05, 0) is 18.6 Å². The van der Waals surface area contributed by atoms with Crippen molar-refractivity contribution in [1.29, 1.82) is 0 Å². The van der Waals surface area contributed by atoms with Crippen LogP contribution in [0.5, 0.6) is 0 Å². The van der Waals surface area contributed by atoms with Crippen molar-refractivity contribution >= 4 is 34.4 Å². The van der Waals surface area contributed by atoms with Crippen molar-refractivity contribution in [2.24, 2.45) is 0 Å². The quantitative estimate of drug-likeness (QED) is 0.536. The van der Waals surface area contributed by atoms with Crippen LogP contribution in [0.3, 0.4) is 0 Å². The molecule has 1 N–H and O–H groups in total. The highest BCUT2D eigenvalue weighted by atomic mass is 32.1. The molecule has 5 heterocycles. The van der Waals surface area contributed by atoms with E-state index in [-0.39, 0.29) is 16.9 Å². The van der Waals surface area contributed by atoms with Crippen LogP contribution in [0.1, 0.15) is 27.5 Å². The number of nitrogens with zero attached hydrogens (tertiary/aromatic N) is 6. The Morgan fingerprint density at radius 1 is 1.38 bits per heavy atom. The fraction of sp³-hybridized carbons (Fsp3) is 0.222. The monoisotopic (exact) mass is 410 g/mol. The van der Waals surface area contributed by atoms with E-state index < -0.39 is 11.4 Å². The maximum Gasteiger partial charge on any atom is 0.341 e. The summed E-state index contributed by atoms with van der Waals surface area (Å²) in [5, 5.41) is 14.1. The number of anilines is 1. The molecule has 146 valence electrons. The molecule has 29 heavy (non-hydrogen) atoms. The van der Waals surface area contributed by atoms with Crippen molar-refractivity contribution in [3.8, 4) is 5.13 Å². The van der Waals surface area contributed by atoms with Gasteiger partial charge in [-0.2, -0.15) is 4.37 Å². The molecular weight excluding hydrogens is 396 g/mol. The van der Waals surface area contributed by atoms with E-state index in [9.17, 15) is 14.7 Å². The lowest BCUT2D eigenvalue weighted by Gasteiger charge is -2.39. The molecule has 0 bridgehead atoms. The summed E-state index contributed by atoms with van der Waals surface area (Å²) < 4.78 is 10.4. The third kappa shape index (κ3) is 2.78. The summed E-state index contributed by atoms with van der Waals surface area (Å²) in [5.74, 6) is -0.335. The van der Waals surface area contributed by atoms with E-state index in [1.807, 2.05) is 6.07 Å². The van der Waals surface area contributed by atoms with Crippen LogP contribution in [-0.4, -0.2) is 48.2 Å². The highest BCUT2D eigenvalue weighted by Crippen LogP contribution is 2.32.